The van der Waals surface area contributed by atoms with Crippen LogP contribution in [0.2, 0.25) is 0 Å². The highest BCUT2D eigenvalue weighted by molar-refractivity contribution is 5.65. The lowest BCUT2D eigenvalue weighted by atomic mass is 10.2. The number of anilines is 3. The maximum Gasteiger partial charge on any atom is 0.224 e. The third kappa shape index (κ3) is 4.22. The van der Waals surface area contributed by atoms with Crippen LogP contribution in [0.4, 0.5) is 17.5 Å². The number of rotatable bonds is 7. The number of nitrogens with zero attached hydrogens (tertiary/aromatic N) is 2. The van der Waals surface area contributed by atoms with Gasteiger partial charge in [0, 0.05) is 18.3 Å². The van der Waals surface area contributed by atoms with E-state index in [1.807, 2.05) is 55.5 Å². The van der Waals surface area contributed by atoms with E-state index in [0.717, 1.165) is 28.3 Å². The number of benzene rings is 2. The van der Waals surface area contributed by atoms with Gasteiger partial charge in [0.2, 0.25) is 5.95 Å². The van der Waals surface area contributed by atoms with Crippen LogP contribution in [0.3, 0.4) is 0 Å². The average molecular weight is 350 g/mol. The second-order valence-electron chi connectivity index (χ2n) is 5.76. The van der Waals surface area contributed by atoms with Crippen LogP contribution in [-0.2, 0) is 6.54 Å². The van der Waals surface area contributed by atoms with E-state index in [0.29, 0.717) is 18.3 Å². The van der Waals surface area contributed by atoms with Gasteiger partial charge in [-0.1, -0.05) is 24.3 Å². The Hall–Kier alpha value is -3.28. The Morgan fingerprint density at radius 2 is 1.77 bits per heavy atom. The summed E-state index contributed by atoms with van der Waals surface area (Å²) in [5.41, 5.74) is 3.04. The third-order valence-electron chi connectivity index (χ3n) is 3.90. The van der Waals surface area contributed by atoms with Gasteiger partial charge >= 0.3 is 0 Å². The van der Waals surface area contributed by atoms with Crippen molar-refractivity contribution in [3.63, 3.8) is 0 Å². The molecular formula is C20H22N4O2. The molecule has 26 heavy (non-hydrogen) atoms. The van der Waals surface area contributed by atoms with E-state index < -0.39 is 0 Å². The molecule has 1 heterocycles. The molecule has 134 valence electrons. The van der Waals surface area contributed by atoms with Crippen molar-refractivity contribution in [2.45, 2.75) is 13.5 Å². The van der Waals surface area contributed by atoms with E-state index in [1.165, 1.54) is 0 Å². The molecule has 2 aromatic carbocycles. The number of nitrogens with one attached hydrogen (secondary N) is 2. The van der Waals surface area contributed by atoms with E-state index in [2.05, 4.69) is 20.6 Å². The number of hydrogen-bond acceptors (Lipinski definition) is 6. The second-order valence-corrected chi connectivity index (χ2v) is 5.76. The Kier molecular flexibility index (Phi) is 5.53. The van der Waals surface area contributed by atoms with Crippen molar-refractivity contribution in [1.82, 2.24) is 9.97 Å². The van der Waals surface area contributed by atoms with E-state index >= 15 is 0 Å². The van der Waals surface area contributed by atoms with Crippen LogP contribution in [0, 0.1) is 6.92 Å². The first-order chi connectivity index (χ1) is 12.7. The summed E-state index contributed by atoms with van der Waals surface area (Å²) < 4.78 is 10.8. The lowest BCUT2D eigenvalue weighted by Gasteiger charge is -2.13. The van der Waals surface area contributed by atoms with Gasteiger partial charge in [0.05, 0.1) is 19.9 Å². The fraction of sp³-hybridized carbons (Fsp3) is 0.200. The number of methoxy groups -OCH3 is 2. The minimum atomic E-state index is 0.535. The third-order valence-corrected chi connectivity index (χ3v) is 3.90. The summed E-state index contributed by atoms with van der Waals surface area (Å²) in [6, 6.07) is 15.6. The Labute approximate surface area is 153 Å². The SMILES string of the molecule is COc1ccccc1CNc1nccc(Nc2cc(C)ccc2OC)n1. The zero-order valence-corrected chi connectivity index (χ0v) is 15.1. The highest BCUT2D eigenvalue weighted by Crippen LogP contribution is 2.28. The molecule has 0 aliphatic rings. The highest BCUT2D eigenvalue weighted by Gasteiger charge is 2.07. The van der Waals surface area contributed by atoms with Crippen LogP contribution in [0.25, 0.3) is 0 Å². The summed E-state index contributed by atoms with van der Waals surface area (Å²) >= 11 is 0. The van der Waals surface area contributed by atoms with Crippen molar-refractivity contribution < 1.29 is 9.47 Å². The first-order valence-electron chi connectivity index (χ1n) is 8.30. The minimum Gasteiger partial charge on any atom is -0.496 e. The molecule has 0 aliphatic carbocycles. The molecule has 1 aromatic heterocycles. The summed E-state index contributed by atoms with van der Waals surface area (Å²) in [5.74, 6) is 2.82. The predicted molar refractivity (Wildman–Crippen MR) is 103 cm³/mol. The summed E-state index contributed by atoms with van der Waals surface area (Å²) in [5, 5.41) is 6.51. The largest absolute Gasteiger partial charge is 0.496 e. The van der Waals surface area contributed by atoms with E-state index in [1.54, 1.807) is 20.4 Å². The van der Waals surface area contributed by atoms with Crippen molar-refractivity contribution in [3.05, 3.63) is 65.9 Å². The molecule has 3 aromatic rings. The molecule has 0 atom stereocenters. The minimum absolute atomic E-state index is 0.535. The Balaban J connectivity index is 1.73. The van der Waals surface area contributed by atoms with Gasteiger partial charge < -0.3 is 20.1 Å². The van der Waals surface area contributed by atoms with Crippen LogP contribution in [0.5, 0.6) is 11.5 Å². The van der Waals surface area contributed by atoms with Gasteiger partial charge in [-0.2, -0.15) is 4.98 Å². The molecule has 0 saturated heterocycles. The molecular weight excluding hydrogens is 328 g/mol. The van der Waals surface area contributed by atoms with Crippen LogP contribution < -0.4 is 20.1 Å². The zero-order chi connectivity index (χ0) is 18.4. The molecule has 0 bridgehead atoms. The molecule has 6 nitrogen and oxygen atoms in total. The fourth-order valence-electron chi connectivity index (χ4n) is 2.59. The molecule has 2 N–H and O–H groups in total. The number of hydrogen-bond donors (Lipinski definition) is 2. The average Bonchev–Trinajstić information content (AvgIpc) is 2.67. The Bertz CT molecular complexity index is 883. The second kappa shape index (κ2) is 8.20. The topological polar surface area (TPSA) is 68.3 Å². The zero-order valence-electron chi connectivity index (χ0n) is 15.1. The molecule has 3 rings (SSSR count). The lowest BCUT2D eigenvalue weighted by Crippen LogP contribution is -2.06. The summed E-state index contributed by atoms with van der Waals surface area (Å²) in [4.78, 5) is 8.79. The molecule has 0 saturated carbocycles. The van der Waals surface area contributed by atoms with Crippen molar-refractivity contribution in [2.24, 2.45) is 0 Å². The summed E-state index contributed by atoms with van der Waals surface area (Å²) in [6.45, 7) is 2.60. The Morgan fingerprint density at radius 1 is 0.962 bits per heavy atom. The van der Waals surface area contributed by atoms with Gasteiger partial charge in [-0.15, -0.1) is 0 Å². The quantitative estimate of drug-likeness (QED) is 0.667. The number of ether oxygens (including phenoxy) is 2. The van der Waals surface area contributed by atoms with Gasteiger partial charge in [-0.3, -0.25) is 0 Å². The molecule has 0 unspecified atom stereocenters. The van der Waals surface area contributed by atoms with Gasteiger partial charge in [-0.25, -0.2) is 4.98 Å². The number of para-hydroxylation sites is 1. The fourth-order valence-corrected chi connectivity index (χ4v) is 2.59. The smallest absolute Gasteiger partial charge is 0.224 e. The first-order valence-corrected chi connectivity index (χ1v) is 8.30. The van der Waals surface area contributed by atoms with E-state index in [9.17, 15) is 0 Å². The first kappa shape index (κ1) is 17.5. The van der Waals surface area contributed by atoms with Gasteiger partial charge in [0.1, 0.15) is 17.3 Å². The van der Waals surface area contributed by atoms with Gasteiger partial charge in [0.15, 0.2) is 0 Å². The maximum absolute atomic E-state index is 5.40. The number of aryl methyl sites for hydroxylation is 1. The van der Waals surface area contributed by atoms with Crippen LogP contribution in [0.15, 0.2) is 54.7 Å². The number of aromatic nitrogens is 2. The van der Waals surface area contributed by atoms with Crippen LogP contribution in [0.1, 0.15) is 11.1 Å². The monoisotopic (exact) mass is 350 g/mol. The van der Waals surface area contributed by atoms with Crippen molar-refractivity contribution in [3.8, 4) is 11.5 Å². The molecule has 0 aliphatic heterocycles. The Morgan fingerprint density at radius 3 is 2.58 bits per heavy atom. The molecule has 0 radical (unpaired) electrons. The standard InChI is InChI=1S/C20H22N4O2/c1-14-8-9-18(26-3)16(12-14)23-19-10-11-21-20(24-19)22-13-15-6-4-5-7-17(15)25-2/h4-12H,13H2,1-3H3,(H2,21,22,23,24). The van der Waals surface area contributed by atoms with Gasteiger partial charge in [0.25, 0.3) is 0 Å². The van der Waals surface area contributed by atoms with E-state index in [-0.39, 0.29) is 0 Å². The summed E-state index contributed by atoms with van der Waals surface area (Å²) in [6.07, 6.45) is 1.71. The van der Waals surface area contributed by atoms with Crippen molar-refractivity contribution in [1.29, 1.82) is 0 Å². The molecule has 0 fully saturated rings. The summed E-state index contributed by atoms with van der Waals surface area (Å²) in [7, 11) is 3.31. The van der Waals surface area contributed by atoms with E-state index in [4.69, 9.17) is 9.47 Å². The van der Waals surface area contributed by atoms with Crippen molar-refractivity contribution >= 4 is 17.5 Å². The van der Waals surface area contributed by atoms with Gasteiger partial charge in [-0.05, 0) is 36.8 Å². The maximum atomic E-state index is 5.40. The lowest BCUT2D eigenvalue weighted by molar-refractivity contribution is 0.410. The van der Waals surface area contributed by atoms with Crippen LogP contribution in [-0.4, -0.2) is 24.2 Å². The van der Waals surface area contributed by atoms with Crippen LogP contribution >= 0.6 is 0 Å². The molecule has 0 amide bonds. The van der Waals surface area contributed by atoms with Crippen molar-refractivity contribution in [2.75, 3.05) is 24.9 Å². The molecule has 6 heteroatoms. The normalized spacial score (nSPS) is 10.3. The highest BCUT2D eigenvalue weighted by atomic mass is 16.5. The molecule has 0 spiro atoms. The predicted octanol–water partition coefficient (Wildman–Crippen LogP) is 4.16.